The monoisotopic (exact) mass is 209 g/mol. The third-order valence-corrected chi connectivity index (χ3v) is 2.52. The van der Waals surface area contributed by atoms with Gasteiger partial charge >= 0.3 is 0 Å². The van der Waals surface area contributed by atoms with Crippen molar-refractivity contribution in [2.45, 2.75) is 32.4 Å². The van der Waals surface area contributed by atoms with Crippen LogP contribution in [-0.4, -0.2) is 28.4 Å². The molecule has 0 aromatic carbocycles. The summed E-state index contributed by atoms with van der Waals surface area (Å²) in [5.74, 6) is 1.52. The van der Waals surface area contributed by atoms with Crippen molar-refractivity contribution in [2.75, 3.05) is 6.54 Å². The van der Waals surface area contributed by atoms with Gasteiger partial charge in [0, 0.05) is 25.4 Å². The number of nitrogens with two attached hydrogens (primary N) is 1. The summed E-state index contributed by atoms with van der Waals surface area (Å²) in [5, 5.41) is 0. The molecule has 1 aromatic rings. The number of oxazole rings is 1. The Morgan fingerprint density at radius 1 is 1.73 bits per heavy atom. The first kappa shape index (κ1) is 10.2. The smallest absolute Gasteiger partial charge is 0.224 e. The van der Waals surface area contributed by atoms with Crippen molar-refractivity contribution in [3.8, 4) is 0 Å². The van der Waals surface area contributed by atoms with Crippen molar-refractivity contribution in [1.29, 1.82) is 0 Å². The molecule has 5 heteroatoms. The van der Waals surface area contributed by atoms with Gasteiger partial charge in [0.1, 0.15) is 5.76 Å². The Morgan fingerprint density at radius 2 is 2.53 bits per heavy atom. The summed E-state index contributed by atoms with van der Waals surface area (Å²) in [6.07, 6.45) is 2.96. The van der Waals surface area contributed by atoms with Crippen molar-refractivity contribution < 1.29 is 9.21 Å². The van der Waals surface area contributed by atoms with Crippen LogP contribution in [0.5, 0.6) is 0 Å². The molecule has 0 bridgehead atoms. The molecule has 1 unspecified atom stereocenters. The number of amides is 1. The molecule has 82 valence electrons. The molecule has 1 saturated heterocycles. The summed E-state index contributed by atoms with van der Waals surface area (Å²) in [6, 6.07) is -0.0434. The van der Waals surface area contributed by atoms with Crippen LogP contribution in [0.2, 0.25) is 0 Å². The number of carbonyl (C=O) groups excluding carboxylic acids is 1. The van der Waals surface area contributed by atoms with Gasteiger partial charge in [0.15, 0.2) is 0 Å². The topological polar surface area (TPSA) is 72.4 Å². The van der Waals surface area contributed by atoms with E-state index in [0.717, 1.165) is 12.2 Å². The van der Waals surface area contributed by atoms with E-state index < -0.39 is 0 Å². The second-order valence-electron chi connectivity index (χ2n) is 3.81. The molecule has 1 fully saturated rings. The van der Waals surface area contributed by atoms with E-state index >= 15 is 0 Å². The van der Waals surface area contributed by atoms with Gasteiger partial charge in [-0.1, -0.05) is 6.92 Å². The van der Waals surface area contributed by atoms with Gasteiger partial charge in [-0.05, 0) is 0 Å². The van der Waals surface area contributed by atoms with E-state index in [9.17, 15) is 4.79 Å². The lowest BCUT2D eigenvalue weighted by molar-refractivity contribution is -0.128. The predicted octanol–water partition coefficient (Wildman–Crippen LogP) is 0.297. The minimum atomic E-state index is -0.0434. The van der Waals surface area contributed by atoms with Crippen LogP contribution in [-0.2, 0) is 17.8 Å². The molecule has 5 nitrogen and oxygen atoms in total. The van der Waals surface area contributed by atoms with E-state index in [1.54, 1.807) is 11.1 Å². The molecule has 2 heterocycles. The number of aromatic nitrogens is 1. The molecule has 1 amide bonds. The molecule has 2 N–H and O–H groups in total. The number of hydrogen-bond acceptors (Lipinski definition) is 4. The van der Waals surface area contributed by atoms with Crippen molar-refractivity contribution in [3.05, 3.63) is 17.8 Å². The first-order valence-corrected chi connectivity index (χ1v) is 5.16. The molecule has 1 aliphatic rings. The van der Waals surface area contributed by atoms with E-state index in [0.29, 0.717) is 25.4 Å². The molecule has 2 rings (SSSR count). The highest BCUT2D eigenvalue weighted by molar-refractivity contribution is 5.79. The van der Waals surface area contributed by atoms with Gasteiger partial charge in [-0.3, -0.25) is 4.79 Å². The Labute approximate surface area is 88.3 Å². The number of aryl methyl sites for hydroxylation is 1. The van der Waals surface area contributed by atoms with Gasteiger partial charge in [0.2, 0.25) is 11.8 Å². The van der Waals surface area contributed by atoms with Crippen LogP contribution in [0.4, 0.5) is 0 Å². The van der Waals surface area contributed by atoms with Gasteiger partial charge in [0.05, 0.1) is 12.7 Å². The van der Waals surface area contributed by atoms with E-state index in [2.05, 4.69) is 4.98 Å². The molecule has 1 aliphatic heterocycles. The van der Waals surface area contributed by atoms with E-state index in [1.165, 1.54) is 0 Å². The largest absolute Gasteiger partial charge is 0.444 e. The lowest BCUT2D eigenvalue weighted by Crippen LogP contribution is -2.27. The van der Waals surface area contributed by atoms with E-state index in [-0.39, 0.29) is 11.9 Å². The minimum Gasteiger partial charge on any atom is -0.444 e. The fourth-order valence-electron chi connectivity index (χ4n) is 1.70. The molecule has 0 spiro atoms. The number of likely N-dealkylation sites (tertiary alicyclic amines) is 1. The van der Waals surface area contributed by atoms with Crippen molar-refractivity contribution in [3.63, 3.8) is 0 Å². The fraction of sp³-hybridized carbons (Fsp3) is 0.600. The molecule has 15 heavy (non-hydrogen) atoms. The number of carbonyl (C=O) groups is 1. The zero-order valence-electron chi connectivity index (χ0n) is 8.77. The van der Waals surface area contributed by atoms with E-state index in [4.69, 9.17) is 10.2 Å². The SMILES string of the molecule is CCc1cnc(CN2CC(N)CC2=O)o1. The highest BCUT2D eigenvalue weighted by Gasteiger charge is 2.27. The maximum Gasteiger partial charge on any atom is 0.224 e. The molecule has 0 radical (unpaired) electrons. The average molecular weight is 209 g/mol. The molecular formula is C10H15N3O2. The zero-order chi connectivity index (χ0) is 10.8. The summed E-state index contributed by atoms with van der Waals surface area (Å²) in [6.45, 7) is 3.04. The number of hydrogen-bond donors (Lipinski definition) is 1. The normalized spacial score (nSPS) is 21.3. The van der Waals surface area contributed by atoms with Crippen LogP contribution in [0.1, 0.15) is 25.0 Å². The molecule has 0 saturated carbocycles. The Bertz CT molecular complexity index is 361. The lowest BCUT2D eigenvalue weighted by Gasteiger charge is -2.12. The maximum atomic E-state index is 11.4. The zero-order valence-corrected chi connectivity index (χ0v) is 8.77. The molecular weight excluding hydrogens is 194 g/mol. The summed E-state index contributed by atoms with van der Waals surface area (Å²) < 4.78 is 5.43. The predicted molar refractivity (Wildman–Crippen MR) is 53.9 cm³/mol. The fourth-order valence-corrected chi connectivity index (χ4v) is 1.70. The molecule has 0 aliphatic carbocycles. The third kappa shape index (κ3) is 2.18. The minimum absolute atomic E-state index is 0.0434. The Kier molecular flexibility index (Phi) is 2.73. The summed E-state index contributed by atoms with van der Waals surface area (Å²) >= 11 is 0. The Hall–Kier alpha value is -1.36. The summed E-state index contributed by atoms with van der Waals surface area (Å²) in [7, 11) is 0. The quantitative estimate of drug-likeness (QED) is 0.777. The lowest BCUT2D eigenvalue weighted by atomic mass is 10.3. The molecule has 1 atom stereocenters. The van der Waals surface area contributed by atoms with Crippen molar-refractivity contribution in [2.24, 2.45) is 5.73 Å². The number of rotatable bonds is 3. The highest BCUT2D eigenvalue weighted by Crippen LogP contribution is 2.14. The second kappa shape index (κ2) is 4.02. The highest BCUT2D eigenvalue weighted by atomic mass is 16.4. The third-order valence-electron chi connectivity index (χ3n) is 2.52. The van der Waals surface area contributed by atoms with Crippen LogP contribution in [0, 0.1) is 0 Å². The van der Waals surface area contributed by atoms with Gasteiger partial charge in [-0.25, -0.2) is 4.98 Å². The van der Waals surface area contributed by atoms with Gasteiger partial charge in [0.25, 0.3) is 0 Å². The van der Waals surface area contributed by atoms with Crippen LogP contribution in [0.3, 0.4) is 0 Å². The Balaban J connectivity index is 1.99. The Morgan fingerprint density at radius 3 is 3.07 bits per heavy atom. The van der Waals surface area contributed by atoms with Crippen LogP contribution < -0.4 is 5.73 Å². The van der Waals surface area contributed by atoms with Crippen LogP contribution in [0.15, 0.2) is 10.6 Å². The maximum absolute atomic E-state index is 11.4. The van der Waals surface area contributed by atoms with Crippen LogP contribution >= 0.6 is 0 Å². The second-order valence-corrected chi connectivity index (χ2v) is 3.81. The number of nitrogens with zero attached hydrogens (tertiary/aromatic N) is 2. The van der Waals surface area contributed by atoms with Gasteiger partial charge in [-0.15, -0.1) is 0 Å². The first-order chi connectivity index (χ1) is 7.19. The van der Waals surface area contributed by atoms with Crippen molar-refractivity contribution >= 4 is 5.91 Å². The standard InChI is InChI=1S/C10H15N3O2/c1-2-8-4-12-9(15-8)6-13-5-7(11)3-10(13)14/h4,7H,2-3,5-6,11H2,1H3. The van der Waals surface area contributed by atoms with Crippen LogP contribution in [0.25, 0.3) is 0 Å². The van der Waals surface area contributed by atoms with E-state index in [1.807, 2.05) is 6.92 Å². The molecule has 1 aromatic heterocycles. The first-order valence-electron chi connectivity index (χ1n) is 5.16. The summed E-state index contributed by atoms with van der Waals surface area (Å²) in [4.78, 5) is 17.2. The summed E-state index contributed by atoms with van der Waals surface area (Å²) in [5.41, 5.74) is 5.69. The average Bonchev–Trinajstić information content (AvgIpc) is 2.75. The van der Waals surface area contributed by atoms with Crippen molar-refractivity contribution in [1.82, 2.24) is 9.88 Å². The van der Waals surface area contributed by atoms with Gasteiger partial charge in [-0.2, -0.15) is 0 Å². The van der Waals surface area contributed by atoms with Gasteiger partial charge < -0.3 is 15.1 Å².